The molecule has 0 radical (unpaired) electrons. The Morgan fingerprint density at radius 2 is 1.89 bits per heavy atom. The maximum absolute atomic E-state index is 5.96. The van der Waals surface area contributed by atoms with Gasteiger partial charge in [0.25, 0.3) is 0 Å². The third-order valence-corrected chi connectivity index (χ3v) is 6.36. The molecule has 0 amide bonds. The number of nitrogens with one attached hydrogen (secondary N) is 1. The number of likely N-dealkylation sites (tertiary alicyclic amines) is 1. The number of ether oxygens (including phenoxy) is 2. The number of hydrogen-bond acceptors (Lipinski definition) is 5. The molecule has 178 valence electrons. The van der Waals surface area contributed by atoms with E-state index < -0.39 is 0 Å². The molecule has 2 aliphatic rings. The van der Waals surface area contributed by atoms with Crippen molar-refractivity contribution >= 4 is 23.9 Å². The van der Waals surface area contributed by atoms with Gasteiger partial charge in [0, 0.05) is 17.7 Å². The Kier molecular flexibility index (Phi) is 6.68. The molecule has 1 fully saturated rings. The number of aliphatic imine (C=N–C) groups is 1. The summed E-state index contributed by atoms with van der Waals surface area (Å²) in [7, 11) is 1.66. The Labute approximate surface area is 204 Å². The van der Waals surface area contributed by atoms with E-state index in [1.807, 2.05) is 55.5 Å². The van der Waals surface area contributed by atoms with Gasteiger partial charge in [-0.05, 0) is 90.5 Å². The van der Waals surface area contributed by atoms with Crippen LogP contribution in [-0.4, -0.2) is 44.2 Å². The third kappa shape index (κ3) is 5.30. The van der Waals surface area contributed by atoms with E-state index in [0.717, 1.165) is 56.0 Å². The number of hydrogen-bond donors (Lipinski definition) is 1. The van der Waals surface area contributed by atoms with E-state index in [0.29, 0.717) is 12.6 Å². The second-order valence-electron chi connectivity index (χ2n) is 8.87. The van der Waals surface area contributed by atoms with E-state index in [2.05, 4.69) is 37.8 Å². The first-order valence-corrected chi connectivity index (χ1v) is 12.0. The van der Waals surface area contributed by atoms with E-state index in [1.165, 1.54) is 25.9 Å². The van der Waals surface area contributed by atoms with E-state index in [4.69, 9.17) is 9.47 Å². The van der Waals surface area contributed by atoms with Crippen molar-refractivity contribution in [3.63, 3.8) is 0 Å². The van der Waals surface area contributed by atoms with Crippen molar-refractivity contribution in [1.29, 1.82) is 0 Å². The summed E-state index contributed by atoms with van der Waals surface area (Å²) in [5.74, 6) is 2.04. The second kappa shape index (κ2) is 10.2. The number of azo groups is 1. The van der Waals surface area contributed by atoms with Crippen molar-refractivity contribution in [2.75, 3.05) is 33.4 Å². The predicted molar refractivity (Wildman–Crippen MR) is 136 cm³/mol. The first-order valence-electron chi connectivity index (χ1n) is 12.0. The number of rotatable bonds is 6. The molecule has 2 aliphatic heterocycles. The van der Waals surface area contributed by atoms with Crippen molar-refractivity contribution in [2.24, 2.45) is 15.2 Å². The maximum atomic E-state index is 5.96. The van der Waals surface area contributed by atoms with Crippen molar-refractivity contribution in [2.45, 2.75) is 19.8 Å². The fourth-order valence-electron chi connectivity index (χ4n) is 4.47. The van der Waals surface area contributed by atoms with Crippen molar-refractivity contribution in [3.8, 4) is 11.5 Å². The molecule has 0 aromatic heterocycles. The molecule has 0 aliphatic carbocycles. The quantitative estimate of drug-likeness (QED) is 0.605. The van der Waals surface area contributed by atoms with Gasteiger partial charge in [0.2, 0.25) is 0 Å². The largest absolute Gasteiger partial charge is 0.497 e. The summed E-state index contributed by atoms with van der Waals surface area (Å²) in [6.07, 6.45) is 2.58. The van der Waals surface area contributed by atoms with Gasteiger partial charge in [-0.3, -0.25) is 4.90 Å². The van der Waals surface area contributed by atoms with Crippen LogP contribution in [0.5, 0.6) is 11.5 Å². The molecule has 0 atom stereocenters. The number of benzene rings is 3. The lowest BCUT2D eigenvalue weighted by atomic mass is 10.1. The van der Waals surface area contributed by atoms with Gasteiger partial charge in [0.05, 0.1) is 7.11 Å². The molecule has 3 aromatic carbocycles. The minimum Gasteiger partial charge on any atom is -0.497 e. The Morgan fingerprint density at radius 3 is 2.71 bits per heavy atom. The highest BCUT2D eigenvalue weighted by Crippen LogP contribution is 2.20. The Hall–Kier alpha value is -3.84. The molecule has 0 bridgehead atoms. The van der Waals surface area contributed by atoms with Gasteiger partial charge in [-0.2, -0.15) is 0 Å². The first-order chi connectivity index (χ1) is 17.1. The van der Waals surface area contributed by atoms with Gasteiger partial charge >= 0.3 is 5.96 Å². The van der Waals surface area contributed by atoms with Crippen LogP contribution in [-0.2, 0) is 0 Å². The van der Waals surface area contributed by atoms with Crippen molar-refractivity contribution in [3.05, 3.63) is 81.2 Å². The van der Waals surface area contributed by atoms with E-state index in [1.54, 1.807) is 7.11 Å². The van der Waals surface area contributed by atoms with Crippen LogP contribution in [0, 0.1) is 17.4 Å². The highest BCUT2D eigenvalue weighted by molar-refractivity contribution is 5.75. The zero-order valence-corrected chi connectivity index (χ0v) is 20.3. The van der Waals surface area contributed by atoms with Crippen LogP contribution in [0.2, 0.25) is 0 Å². The minimum atomic E-state index is 0.446. The summed E-state index contributed by atoms with van der Waals surface area (Å²) in [5.41, 5.74) is 2.58. The van der Waals surface area contributed by atoms with Crippen molar-refractivity contribution < 1.29 is 14.5 Å². The standard InChI is InChI=1S/C28H29N5O2/c1-19-9-10-23(34-3)18-25(19)21-15-20(2)27-26(16-21)31-32-28(30-27)29-22-7-6-8-24(17-22)35-14-13-33-11-4-5-12-33/h6-10,15-18H,1,4-5,11-14H2,2-3H3/p+1. The maximum Gasteiger partial charge on any atom is 0.453 e. The number of aryl methyl sites for hydroxylation is 1. The molecule has 5 rings (SSSR count). The molecule has 35 heavy (non-hydrogen) atoms. The van der Waals surface area contributed by atoms with Gasteiger partial charge in [-0.25, -0.2) is 4.99 Å². The summed E-state index contributed by atoms with van der Waals surface area (Å²) in [5, 5.41) is 12.6. The molecule has 0 spiro atoms. The molecular weight excluding hydrogens is 438 g/mol. The van der Waals surface area contributed by atoms with Gasteiger partial charge in [0.15, 0.2) is 0 Å². The molecule has 7 nitrogen and oxygen atoms in total. The van der Waals surface area contributed by atoms with Crippen LogP contribution in [0.15, 0.2) is 69.8 Å². The highest BCUT2D eigenvalue weighted by atomic mass is 16.5. The van der Waals surface area contributed by atoms with E-state index in [-0.39, 0.29) is 0 Å². The van der Waals surface area contributed by atoms with Crippen LogP contribution in [0.3, 0.4) is 0 Å². The van der Waals surface area contributed by atoms with Crippen LogP contribution >= 0.6 is 0 Å². The predicted octanol–water partition coefficient (Wildman–Crippen LogP) is 2.66. The fraction of sp³-hybridized carbons (Fsp3) is 0.286. The van der Waals surface area contributed by atoms with Gasteiger partial charge in [0.1, 0.15) is 34.8 Å². The fourth-order valence-corrected chi connectivity index (χ4v) is 4.47. The molecular formula is C28H30N5O2+. The van der Waals surface area contributed by atoms with Crippen LogP contribution in [0.25, 0.3) is 6.58 Å². The van der Waals surface area contributed by atoms with Crippen LogP contribution in [0.1, 0.15) is 18.4 Å². The lowest BCUT2D eigenvalue weighted by molar-refractivity contribution is -0.370. The van der Waals surface area contributed by atoms with Gasteiger partial charge in [-0.15, -0.1) is 0 Å². The lowest BCUT2D eigenvalue weighted by Crippen LogP contribution is -2.81. The summed E-state index contributed by atoms with van der Waals surface area (Å²) in [6, 6.07) is 17.7. The first kappa shape index (κ1) is 22.9. The summed E-state index contributed by atoms with van der Waals surface area (Å²) < 4.78 is 11.3. The summed E-state index contributed by atoms with van der Waals surface area (Å²) in [4.78, 5) is 10.4. The Morgan fingerprint density at radius 1 is 1.03 bits per heavy atom. The van der Waals surface area contributed by atoms with Gasteiger partial charge in [-0.1, -0.05) is 28.8 Å². The van der Waals surface area contributed by atoms with E-state index in [9.17, 15) is 0 Å². The Bertz CT molecular complexity index is 1510. The molecule has 3 aromatic rings. The number of fused-ring (bicyclic) bond motifs is 1. The lowest BCUT2D eigenvalue weighted by Gasteiger charge is -2.14. The second-order valence-corrected chi connectivity index (χ2v) is 8.87. The number of nitrogens with zero attached hydrogens (tertiary/aromatic N) is 4. The minimum absolute atomic E-state index is 0.446. The molecule has 0 saturated carbocycles. The smallest absolute Gasteiger partial charge is 0.453 e. The third-order valence-electron chi connectivity index (χ3n) is 6.36. The highest BCUT2D eigenvalue weighted by Gasteiger charge is 2.16. The normalized spacial score (nSPS) is 17.3. The average Bonchev–Trinajstić information content (AvgIpc) is 3.38. The molecule has 0 unspecified atom stereocenters. The zero-order valence-electron chi connectivity index (χ0n) is 20.3. The zero-order chi connectivity index (χ0) is 24.2. The number of methoxy groups -OCH3 is 1. The van der Waals surface area contributed by atoms with Gasteiger partial charge < -0.3 is 9.47 Å². The molecule has 1 N–H and O–H groups in total. The monoisotopic (exact) mass is 468 g/mol. The van der Waals surface area contributed by atoms with E-state index >= 15 is 0 Å². The summed E-state index contributed by atoms with van der Waals surface area (Å²) >= 11 is 0. The average molecular weight is 469 g/mol. The summed E-state index contributed by atoms with van der Waals surface area (Å²) in [6.45, 7) is 10.2. The molecule has 2 heterocycles. The SMILES string of the molecule is C=c1ccc(OC)cc1=c1cc(C)c2c(c1)N=NC(=Nc1cccc(OCCN3CCCC3)c1)[NH+]=2. The molecule has 1 saturated heterocycles. The number of guanidine groups is 1. The Balaban J connectivity index is 1.42. The van der Waals surface area contributed by atoms with Crippen LogP contribution in [0.4, 0.5) is 11.4 Å². The molecule has 7 heteroatoms. The topological polar surface area (TPSA) is 72.8 Å². The van der Waals surface area contributed by atoms with Crippen molar-refractivity contribution in [1.82, 2.24) is 4.90 Å². The van der Waals surface area contributed by atoms with Crippen LogP contribution < -0.4 is 25.0 Å².